The second kappa shape index (κ2) is 9.79. The number of ether oxygens (including phenoxy) is 2. The molecule has 0 amide bonds. The highest BCUT2D eigenvalue weighted by Gasteiger charge is 2.35. The fraction of sp³-hybridized carbons (Fsp3) is 0.346. The van der Waals surface area contributed by atoms with Crippen molar-refractivity contribution in [3.05, 3.63) is 70.0 Å². The molecule has 0 aliphatic heterocycles. The number of nitrogens with zero attached hydrogens (tertiary/aromatic N) is 2. The summed E-state index contributed by atoms with van der Waals surface area (Å²) in [5.41, 5.74) is 5.57. The molecule has 2 atom stereocenters. The van der Waals surface area contributed by atoms with E-state index in [1.165, 1.54) is 12.5 Å². The van der Waals surface area contributed by atoms with Gasteiger partial charge in [0, 0.05) is 18.9 Å². The maximum atomic E-state index is 11.8. The van der Waals surface area contributed by atoms with Gasteiger partial charge in [0.1, 0.15) is 17.7 Å². The maximum Gasteiger partial charge on any atom is 0.302 e. The molecule has 4 rings (SSSR count). The Balaban J connectivity index is 1.75. The summed E-state index contributed by atoms with van der Waals surface area (Å²) in [6.07, 6.45) is 1.75. The van der Waals surface area contributed by atoms with Gasteiger partial charge in [0.25, 0.3) is 0 Å². The maximum absolute atomic E-state index is 11.8. The molecule has 6 nitrogen and oxygen atoms in total. The van der Waals surface area contributed by atoms with Gasteiger partial charge in [-0.2, -0.15) is 0 Å². The van der Waals surface area contributed by atoms with Gasteiger partial charge in [0.15, 0.2) is 0 Å². The molecule has 3 aromatic rings. The van der Waals surface area contributed by atoms with Crippen LogP contribution in [0, 0.1) is 0 Å². The number of halogens is 1. The van der Waals surface area contributed by atoms with Crippen LogP contribution in [0.4, 0.5) is 5.82 Å². The summed E-state index contributed by atoms with van der Waals surface area (Å²) < 4.78 is 10.9. The fourth-order valence-corrected chi connectivity index (χ4v) is 4.60. The summed E-state index contributed by atoms with van der Waals surface area (Å²) in [4.78, 5) is 21.7. The number of methoxy groups -OCH3 is 1. The number of carbonyl (C=O) groups is 1. The molecule has 1 N–H and O–H groups in total. The lowest BCUT2D eigenvalue weighted by Crippen LogP contribution is -2.27. The van der Waals surface area contributed by atoms with Crippen LogP contribution in [0.5, 0.6) is 5.75 Å². The van der Waals surface area contributed by atoms with Crippen molar-refractivity contribution in [2.24, 2.45) is 0 Å². The molecular formula is C26H28ClN3O3. The minimum Gasteiger partial charge on any atom is -0.497 e. The largest absolute Gasteiger partial charge is 0.497 e. The number of nitrogens with one attached hydrogen (secondary N) is 1. The van der Waals surface area contributed by atoms with Crippen LogP contribution in [0.15, 0.2) is 42.5 Å². The predicted octanol–water partition coefficient (Wildman–Crippen LogP) is 5.57. The Morgan fingerprint density at radius 2 is 1.88 bits per heavy atom. The number of esters is 1. The van der Waals surface area contributed by atoms with E-state index in [1.54, 1.807) is 13.2 Å². The van der Waals surface area contributed by atoms with Crippen molar-refractivity contribution < 1.29 is 14.3 Å². The van der Waals surface area contributed by atoms with Crippen LogP contribution in [-0.2, 0) is 28.8 Å². The number of benzene rings is 2. The summed E-state index contributed by atoms with van der Waals surface area (Å²) in [6, 6.07) is 13.5. The number of anilines is 1. The van der Waals surface area contributed by atoms with Gasteiger partial charge in [-0.1, -0.05) is 49.7 Å². The zero-order valence-electron chi connectivity index (χ0n) is 19.3. The number of aryl methyl sites for hydroxylation is 2. The molecule has 0 saturated heterocycles. The molecule has 0 bridgehead atoms. The van der Waals surface area contributed by atoms with E-state index in [9.17, 15) is 4.79 Å². The number of aromatic nitrogens is 2. The molecule has 0 spiro atoms. The van der Waals surface area contributed by atoms with Gasteiger partial charge in [-0.25, -0.2) is 9.97 Å². The molecule has 1 aliphatic rings. The van der Waals surface area contributed by atoms with Crippen molar-refractivity contribution in [3.63, 3.8) is 0 Å². The lowest BCUT2D eigenvalue weighted by Gasteiger charge is -2.24. The van der Waals surface area contributed by atoms with Gasteiger partial charge >= 0.3 is 5.97 Å². The van der Waals surface area contributed by atoms with Crippen molar-refractivity contribution in [1.29, 1.82) is 0 Å². The first-order valence-electron chi connectivity index (χ1n) is 11.2. The van der Waals surface area contributed by atoms with Gasteiger partial charge in [0.05, 0.1) is 35.3 Å². The molecule has 0 saturated carbocycles. The minimum absolute atomic E-state index is 0.190. The molecular weight excluding hydrogens is 438 g/mol. The molecule has 2 aromatic carbocycles. The molecule has 1 aliphatic carbocycles. The average molecular weight is 466 g/mol. The quantitative estimate of drug-likeness (QED) is 0.460. The zero-order chi connectivity index (χ0) is 23.5. The van der Waals surface area contributed by atoms with Crippen LogP contribution in [0.1, 0.15) is 49.3 Å². The third kappa shape index (κ3) is 4.67. The Hall–Kier alpha value is -3.12. The van der Waals surface area contributed by atoms with Crippen LogP contribution >= 0.6 is 11.6 Å². The van der Waals surface area contributed by atoms with Crippen LogP contribution in [0.25, 0.3) is 11.3 Å². The Labute approximate surface area is 199 Å². The van der Waals surface area contributed by atoms with Crippen LogP contribution in [0.3, 0.4) is 0 Å². The van der Waals surface area contributed by atoms with Gasteiger partial charge in [-0.3, -0.25) is 4.79 Å². The fourth-order valence-electron chi connectivity index (χ4n) is 4.34. The highest BCUT2D eigenvalue weighted by Crippen LogP contribution is 2.38. The van der Waals surface area contributed by atoms with Gasteiger partial charge in [0.2, 0.25) is 0 Å². The molecule has 172 valence electrons. The third-order valence-electron chi connectivity index (χ3n) is 5.93. The lowest BCUT2D eigenvalue weighted by atomic mass is 10.1. The van der Waals surface area contributed by atoms with Crippen molar-refractivity contribution in [2.75, 3.05) is 12.4 Å². The molecule has 33 heavy (non-hydrogen) atoms. The Morgan fingerprint density at radius 3 is 2.55 bits per heavy atom. The van der Waals surface area contributed by atoms with Crippen LogP contribution in [-0.4, -0.2) is 29.2 Å². The van der Waals surface area contributed by atoms with Crippen LogP contribution < -0.4 is 10.1 Å². The predicted molar refractivity (Wildman–Crippen MR) is 130 cm³/mol. The SMILES string of the molecule is CCc1nc(-c2ccc(OC)cc2Cl)c(CC)nc1NC1c2ccccc2CC1OC(C)=O. The van der Waals surface area contributed by atoms with E-state index < -0.39 is 0 Å². The molecule has 1 aromatic heterocycles. The van der Waals surface area contributed by atoms with Crippen molar-refractivity contribution in [2.45, 2.75) is 52.2 Å². The highest BCUT2D eigenvalue weighted by atomic mass is 35.5. The second-order valence-corrected chi connectivity index (χ2v) is 8.45. The monoisotopic (exact) mass is 465 g/mol. The first kappa shape index (κ1) is 23.1. The van der Waals surface area contributed by atoms with E-state index in [2.05, 4.69) is 17.4 Å². The van der Waals surface area contributed by atoms with Gasteiger partial charge in [-0.15, -0.1) is 0 Å². The molecule has 0 radical (unpaired) electrons. The highest BCUT2D eigenvalue weighted by molar-refractivity contribution is 6.33. The lowest BCUT2D eigenvalue weighted by molar-refractivity contribution is -0.146. The van der Waals surface area contributed by atoms with Gasteiger partial charge in [-0.05, 0) is 42.2 Å². The first-order chi connectivity index (χ1) is 15.9. The van der Waals surface area contributed by atoms with Crippen molar-refractivity contribution >= 4 is 23.4 Å². The average Bonchev–Trinajstić information content (AvgIpc) is 3.15. The number of carbonyl (C=O) groups excluding carboxylic acids is 1. The summed E-state index contributed by atoms with van der Waals surface area (Å²) in [5.74, 6) is 1.11. The molecule has 0 fully saturated rings. The van der Waals surface area contributed by atoms with E-state index in [0.29, 0.717) is 35.9 Å². The summed E-state index contributed by atoms with van der Waals surface area (Å²) in [5, 5.41) is 4.12. The van der Waals surface area contributed by atoms with E-state index in [-0.39, 0.29) is 18.1 Å². The van der Waals surface area contributed by atoms with E-state index in [1.807, 2.05) is 38.1 Å². The molecule has 2 unspecified atom stereocenters. The van der Waals surface area contributed by atoms with Crippen molar-refractivity contribution in [3.8, 4) is 17.0 Å². The third-order valence-corrected chi connectivity index (χ3v) is 6.25. The van der Waals surface area contributed by atoms with Gasteiger partial charge < -0.3 is 14.8 Å². The summed E-state index contributed by atoms with van der Waals surface area (Å²) in [7, 11) is 1.61. The second-order valence-electron chi connectivity index (χ2n) is 8.04. The first-order valence-corrected chi connectivity index (χ1v) is 11.6. The standard InChI is InChI=1S/C26H28ClN3O3/c1-5-21-24(19-12-11-17(32-4)14-20(19)27)28-22(6-2)26(29-21)30-25-18-10-8-7-9-16(18)13-23(25)33-15(3)31/h7-12,14,23,25H,5-6,13H2,1-4H3,(H,29,30). The normalized spacial score (nSPS) is 16.9. The Bertz CT molecular complexity index is 1180. The minimum atomic E-state index is -0.299. The van der Waals surface area contributed by atoms with Crippen molar-refractivity contribution in [1.82, 2.24) is 9.97 Å². The Morgan fingerprint density at radius 1 is 1.12 bits per heavy atom. The molecule has 7 heteroatoms. The number of hydrogen-bond donors (Lipinski definition) is 1. The molecule has 1 heterocycles. The number of rotatable bonds is 7. The van der Waals surface area contributed by atoms with Crippen LogP contribution in [0.2, 0.25) is 5.02 Å². The smallest absolute Gasteiger partial charge is 0.302 e. The topological polar surface area (TPSA) is 73.3 Å². The zero-order valence-corrected chi connectivity index (χ0v) is 20.1. The number of fused-ring (bicyclic) bond motifs is 1. The van der Waals surface area contributed by atoms with E-state index in [0.717, 1.165) is 28.2 Å². The van der Waals surface area contributed by atoms with E-state index in [4.69, 9.17) is 31.0 Å². The summed E-state index contributed by atoms with van der Waals surface area (Å²) in [6.45, 7) is 5.54. The summed E-state index contributed by atoms with van der Waals surface area (Å²) >= 11 is 6.56. The number of hydrogen-bond acceptors (Lipinski definition) is 6. The van der Waals surface area contributed by atoms with E-state index >= 15 is 0 Å². The Kier molecular flexibility index (Phi) is 6.84.